The first-order chi connectivity index (χ1) is 6.36. The molecule has 72 valence electrons. The zero-order valence-corrected chi connectivity index (χ0v) is 7.92. The molecular formula is C7H12N4OS. The van der Waals surface area contributed by atoms with E-state index in [2.05, 4.69) is 15.4 Å². The number of aromatic nitrogens is 2. The van der Waals surface area contributed by atoms with E-state index in [-0.39, 0.29) is 6.61 Å². The van der Waals surface area contributed by atoms with Crippen LogP contribution in [0.2, 0.25) is 0 Å². The van der Waals surface area contributed by atoms with Gasteiger partial charge in [0, 0.05) is 18.4 Å². The standard InChI is InChI=1S/C7H12N4OS/c8-11-6-4-7(10-5-9-6)13-3-1-2-12/h4-5,12H,1-3,8H2,(H,9,10,11). The summed E-state index contributed by atoms with van der Waals surface area (Å²) in [4.78, 5) is 7.91. The highest BCUT2D eigenvalue weighted by Gasteiger charge is 1.97. The van der Waals surface area contributed by atoms with Crippen LogP contribution in [0.25, 0.3) is 0 Å². The summed E-state index contributed by atoms with van der Waals surface area (Å²) < 4.78 is 0. The Morgan fingerprint density at radius 3 is 3.08 bits per heavy atom. The Morgan fingerprint density at radius 2 is 2.38 bits per heavy atom. The van der Waals surface area contributed by atoms with Crippen molar-refractivity contribution in [3.8, 4) is 0 Å². The lowest BCUT2D eigenvalue weighted by atomic mass is 10.5. The van der Waals surface area contributed by atoms with Gasteiger partial charge in [0.05, 0.1) is 0 Å². The second-order valence-corrected chi connectivity index (χ2v) is 3.43. The van der Waals surface area contributed by atoms with Gasteiger partial charge in [0.25, 0.3) is 0 Å². The predicted octanol–water partition coefficient (Wildman–Crippen LogP) is 0.237. The van der Waals surface area contributed by atoms with E-state index in [0.29, 0.717) is 5.82 Å². The van der Waals surface area contributed by atoms with E-state index in [4.69, 9.17) is 10.9 Å². The highest BCUT2D eigenvalue weighted by Crippen LogP contribution is 2.17. The molecule has 0 saturated carbocycles. The molecule has 6 heteroatoms. The maximum Gasteiger partial charge on any atom is 0.144 e. The summed E-state index contributed by atoms with van der Waals surface area (Å²) in [6, 6.07) is 1.77. The molecule has 1 aromatic heterocycles. The second-order valence-electron chi connectivity index (χ2n) is 2.31. The maximum absolute atomic E-state index is 8.57. The lowest BCUT2D eigenvalue weighted by molar-refractivity contribution is 0.296. The van der Waals surface area contributed by atoms with Crippen molar-refractivity contribution in [3.05, 3.63) is 12.4 Å². The number of aliphatic hydroxyl groups is 1. The van der Waals surface area contributed by atoms with Crippen LogP contribution in [0.3, 0.4) is 0 Å². The molecule has 0 fully saturated rings. The fourth-order valence-corrected chi connectivity index (χ4v) is 1.54. The van der Waals surface area contributed by atoms with Crippen molar-refractivity contribution in [1.82, 2.24) is 9.97 Å². The van der Waals surface area contributed by atoms with Crippen molar-refractivity contribution < 1.29 is 5.11 Å². The van der Waals surface area contributed by atoms with E-state index in [9.17, 15) is 0 Å². The predicted molar refractivity (Wildman–Crippen MR) is 52.3 cm³/mol. The minimum atomic E-state index is 0.208. The van der Waals surface area contributed by atoms with E-state index < -0.39 is 0 Å². The van der Waals surface area contributed by atoms with Gasteiger partial charge in [-0.15, -0.1) is 11.8 Å². The Kier molecular flexibility index (Phi) is 4.52. The topological polar surface area (TPSA) is 84.1 Å². The first-order valence-corrected chi connectivity index (χ1v) is 4.87. The van der Waals surface area contributed by atoms with Gasteiger partial charge in [-0.1, -0.05) is 0 Å². The minimum absolute atomic E-state index is 0.208. The Morgan fingerprint density at radius 1 is 1.54 bits per heavy atom. The van der Waals surface area contributed by atoms with Gasteiger partial charge in [-0.05, 0) is 6.42 Å². The molecule has 1 aromatic rings. The smallest absolute Gasteiger partial charge is 0.144 e. The molecule has 0 saturated heterocycles. The lowest BCUT2D eigenvalue weighted by Crippen LogP contribution is -2.08. The molecule has 0 unspecified atom stereocenters. The Labute approximate surface area is 80.7 Å². The van der Waals surface area contributed by atoms with Crippen LogP contribution in [0, 0.1) is 0 Å². The molecule has 0 aromatic carbocycles. The molecule has 1 rings (SSSR count). The van der Waals surface area contributed by atoms with Crippen molar-refractivity contribution in [1.29, 1.82) is 0 Å². The van der Waals surface area contributed by atoms with Gasteiger partial charge in [-0.25, -0.2) is 15.8 Å². The quantitative estimate of drug-likeness (QED) is 0.207. The zero-order valence-electron chi connectivity index (χ0n) is 7.10. The number of nitrogens with two attached hydrogens (primary N) is 1. The number of hydrogen-bond donors (Lipinski definition) is 3. The highest BCUT2D eigenvalue weighted by molar-refractivity contribution is 7.99. The molecule has 0 aliphatic heterocycles. The van der Waals surface area contributed by atoms with E-state index in [1.807, 2.05) is 0 Å². The Balaban J connectivity index is 2.46. The van der Waals surface area contributed by atoms with Gasteiger partial charge in [0.1, 0.15) is 17.2 Å². The summed E-state index contributed by atoms with van der Waals surface area (Å²) in [6.45, 7) is 0.208. The molecular weight excluding hydrogens is 188 g/mol. The lowest BCUT2D eigenvalue weighted by Gasteiger charge is -2.01. The van der Waals surface area contributed by atoms with Gasteiger partial charge in [-0.2, -0.15) is 0 Å². The molecule has 0 spiro atoms. The molecule has 0 aliphatic carbocycles. The van der Waals surface area contributed by atoms with E-state index in [1.165, 1.54) is 6.33 Å². The number of nitrogens with one attached hydrogen (secondary N) is 1. The Bertz CT molecular complexity index is 258. The first-order valence-electron chi connectivity index (χ1n) is 3.89. The molecule has 0 aliphatic rings. The fourth-order valence-electron chi connectivity index (χ4n) is 0.739. The highest BCUT2D eigenvalue weighted by atomic mass is 32.2. The van der Waals surface area contributed by atoms with Crippen molar-refractivity contribution in [2.45, 2.75) is 11.4 Å². The van der Waals surface area contributed by atoms with Crippen LogP contribution in [0.15, 0.2) is 17.4 Å². The molecule has 4 N–H and O–H groups in total. The molecule has 0 radical (unpaired) electrons. The van der Waals surface area contributed by atoms with Crippen LogP contribution in [0.1, 0.15) is 6.42 Å². The third-order valence-electron chi connectivity index (χ3n) is 1.34. The van der Waals surface area contributed by atoms with Gasteiger partial charge in [-0.3, -0.25) is 0 Å². The number of nitrogens with zero attached hydrogens (tertiary/aromatic N) is 2. The third kappa shape index (κ3) is 3.58. The van der Waals surface area contributed by atoms with Gasteiger partial charge >= 0.3 is 0 Å². The van der Waals surface area contributed by atoms with Crippen LogP contribution in [-0.4, -0.2) is 27.4 Å². The second kappa shape index (κ2) is 5.74. The SMILES string of the molecule is NNc1cc(SCCCO)ncn1. The molecule has 0 atom stereocenters. The summed E-state index contributed by atoms with van der Waals surface area (Å²) in [5.41, 5.74) is 2.44. The van der Waals surface area contributed by atoms with E-state index in [1.54, 1.807) is 17.8 Å². The summed E-state index contributed by atoms with van der Waals surface area (Å²) >= 11 is 1.57. The van der Waals surface area contributed by atoms with Crippen LogP contribution >= 0.6 is 11.8 Å². The molecule has 0 amide bonds. The number of aliphatic hydroxyl groups excluding tert-OH is 1. The Hall–Kier alpha value is -0.850. The van der Waals surface area contributed by atoms with Crippen molar-refractivity contribution in [3.63, 3.8) is 0 Å². The summed E-state index contributed by atoms with van der Waals surface area (Å²) in [5, 5.41) is 9.42. The first kappa shape index (κ1) is 10.2. The zero-order chi connectivity index (χ0) is 9.52. The fraction of sp³-hybridized carbons (Fsp3) is 0.429. The van der Waals surface area contributed by atoms with Gasteiger partial charge in [0.2, 0.25) is 0 Å². The van der Waals surface area contributed by atoms with Crippen LogP contribution in [0.5, 0.6) is 0 Å². The van der Waals surface area contributed by atoms with E-state index >= 15 is 0 Å². The van der Waals surface area contributed by atoms with Crippen molar-refractivity contribution in [2.75, 3.05) is 17.8 Å². The van der Waals surface area contributed by atoms with E-state index in [0.717, 1.165) is 17.2 Å². The van der Waals surface area contributed by atoms with Gasteiger partial charge < -0.3 is 10.5 Å². The van der Waals surface area contributed by atoms with Crippen molar-refractivity contribution in [2.24, 2.45) is 5.84 Å². The van der Waals surface area contributed by atoms with Gasteiger partial charge in [0.15, 0.2) is 0 Å². The van der Waals surface area contributed by atoms with Crippen LogP contribution < -0.4 is 11.3 Å². The number of thioether (sulfide) groups is 1. The summed E-state index contributed by atoms with van der Waals surface area (Å²) in [7, 11) is 0. The largest absolute Gasteiger partial charge is 0.396 e. The number of hydrazine groups is 1. The maximum atomic E-state index is 8.57. The summed E-state index contributed by atoms with van der Waals surface area (Å²) in [6.07, 6.45) is 2.22. The average molecular weight is 200 g/mol. The molecule has 0 bridgehead atoms. The molecule has 5 nitrogen and oxygen atoms in total. The summed E-state index contributed by atoms with van der Waals surface area (Å²) in [5.74, 6) is 6.63. The normalized spacial score (nSPS) is 10.0. The average Bonchev–Trinajstić information content (AvgIpc) is 2.19. The minimum Gasteiger partial charge on any atom is -0.396 e. The number of nitrogen functional groups attached to an aromatic ring is 1. The molecule has 1 heterocycles. The van der Waals surface area contributed by atoms with Crippen LogP contribution in [0.4, 0.5) is 5.82 Å². The number of hydrogen-bond acceptors (Lipinski definition) is 6. The number of anilines is 1. The monoisotopic (exact) mass is 200 g/mol. The molecule has 13 heavy (non-hydrogen) atoms. The van der Waals surface area contributed by atoms with Crippen LogP contribution in [-0.2, 0) is 0 Å². The third-order valence-corrected chi connectivity index (χ3v) is 2.35. The number of rotatable bonds is 5. The van der Waals surface area contributed by atoms with Crippen molar-refractivity contribution >= 4 is 17.6 Å².